The zero-order valence-electron chi connectivity index (χ0n) is 15.3. The number of halogens is 1. The minimum atomic E-state index is -3.58. The standard InChI is InChI=1S/C19H19ClN4O4S/c20-15-8-6-14(7-9-15)19-23-18(28-24-19)3-1-2-17(25)22-16-10-4-13(5-11-16)12-29(21,26)27/h4-11H,1-3,12H2,(H,22,25)(H2,21,26,27). The lowest BCUT2D eigenvalue weighted by Gasteiger charge is -2.06. The Kier molecular flexibility index (Phi) is 6.63. The molecule has 0 atom stereocenters. The molecule has 0 aliphatic heterocycles. The van der Waals surface area contributed by atoms with Crippen LogP contribution in [-0.2, 0) is 27.0 Å². The van der Waals surface area contributed by atoms with Crippen molar-refractivity contribution in [3.8, 4) is 11.4 Å². The van der Waals surface area contributed by atoms with Gasteiger partial charge in [-0.2, -0.15) is 4.98 Å². The zero-order valence-corrected chi connectivity index (χ0v) is 16.9. The summed E-state index contributed by atoms with van der Waals surface area (Å²) in [4.78, 5) is 16.4. The molecule has 3 aromatic rings. The van der Waals surface area contributed by atoms with E-state index in [1.165, 1.54) is 0 Å². The molecule has 0 saturated carbocycles. The Balaban J connectivity index is 1.46. The van der Waals surface area contributed by atoms with Crippen LogP contribution in [0.3, 0.4) is 0 Å². The van der Waals surface area contributed by atoms with Gasteiger partial charge in [-0.05, 0) is 48.4 Å². The molecular weight excluding hydrogens is 416 g/mol. The highest BCUT2D eigenvalue weighted by molar-refractivity contribution is 7.88. The molecule has 0 radical (unpaired) electrons. The molecule has 1 amide bonds. The number of aromatic nitrogens is 2. The first-order chi connectivity index (χ1) is 13.8. The molecule has 3 N–H and O–H groups in total. The van der Waals surface area contributed by atoms with Crippen molar-refractivity contribution >= 4 is 33.2 Å². The Bertz CT molecular complexity index is 1080. The van der Waals surface area contributed by atoms with Crippen LogP contribution >= 0.6 is 11.6 Å². The van der Waals surface area contributed by atoms with E-state index in [2.05, 4.69) is 15.5 Å². The molecule has 0 bridgehead atoms. The number of hydrogen-bond acceptors (Lipinski definition) is 6. The highest BCUT2D eigenvalue weighted by atomic mass is 35.5. The van der Waals surface area contributed by atoms with E-state index in [4.69, 9.17) is 21.3 Å². The summed E-state index contributed by atoms with van der Waals surface area (Å²) < 4.78 is 27.4. The molecular formula is C19H19ClN4O4S. The molecule has 0 fully saturated rings. The SMILES string of the molecule is NS(=O)(=O)Cc1ccc(NC(=O)CCCc2nc(-c3ccc(Cl)cc3)no2)cc1. The number of carbonyl (C=O) groups excluding carboxylic acids is 1. The first kappa shape index (κ1) is 21.0. The number of primary sulfonamides is 1. The van der Waals surface area contributed by atoms with Crippen molar-refractivity contribution in [2.75, 3.05) is 5.32 Å². The fraction of sp³-hybridized carbons (Fsp3) is 0.211. The third-order valence-corrected chi connectivity index (χ3v) is 4.96. The average Bonchev–Trinajstić information content (AvgIpc) is 3.12. The summed E-state index contributed by atoms with van der Waals surface area (Å²) in [5.41, 5.74) is 1.93. The lowest BCUT2D eigenvalue weighted by Crippen LogP contribution is -2.14. The number of carbonyl (C=O) groups is 1. The molecule has 29 heavy (non-hydrogen) atoms. The van der Waals surface area contributed by atoms with Gasteiger partial charge in [-0.1, -0.05) is 28.9 Å². The van der Waals surface area contributed by atoms with E-state index in [0.717, 1.165) is 5.56 Å². The van der Waals surface area contributed by atoms with Crippen molar-refractivity contribution in [1.82, 2.24) is 10.1 Å². The fourth-order valence-electron chi connectivity index (χ4n) is 2.61. The van der Waals surface area contributed by atoms with Crippen LogP contribution in [0, 0.1) is 0 Å². The summed E-state index contributed by atoms with van der Waals surface area (Å²) in [5, 5.41) is 12.3. The second-order valence-electron chi connectivity index (χ2n) is 6.42. The predicted molar refractivity (Wildman–Crippen MR) is 110 cm³/mol. The number of nitrogens with one attached hydrogen (secondary N) is 1. The van der Waals surface area contributed by atoms with Gasteiger partial charge in [0.05, 0.1) is 5.75 Å². The van der Waals surface area contributed by atoms with Crippen LogP contribution in [0.4, 0.5) is 5.69 Å². The topological polar surface area (TPSA) is 128 Å². The number of aryl methyl sites for hydroxylation is 1. The lowest BCUT2D eigenvalue weighted by molar-refractivity contribution is -0.116. The summed E-state index contributed by atoms with van der Waals surface area (Å²) in [7, 11) is -3.58. The van der Waals surface area contributed by atoms with Gasteiger partial charge in [0.1, 0.15) is 0 Å². The van der Waals surface area contributed by atoms with E-state index in [9.17, 15) is 13.2 Å². The van der Waals surface area contributed by atoms with E-state index in [-0.39, 0.29) is 18.1 Å². The van der Waals surface area contributed by atoms with Crippen LogP contribution in [0.25, 0.3) is 11.4 Å². The smallest absolute Gasteiger partial charge is 0.226 e. The van der Waals surface area contributed by atoms with Crippen molar-refractivity contribution in [3.05, 3.63) is 65.0 Å². The Morgan fingerprint density at radius 3 is 2.45 bits per heavy atom. The first-order valence-corrected chi connectivity index (χ1v) is 10.9. The summed E-state index contributed by atoms with van der Waals surface area (Å²) in [5.74, 6) is 0.515. The van der Waals surface area contributed by atoms with Gasteiger partial charge in [0.2, 0.25) is 27.6 Å². The molecule has 0 unspecified atom stereocenters. The van der Waals surface area contributed by atoms with Crippen molar-refractivity contribution in [2.24, 2.45) is 5.14 Å². The Hall–Kier alpha value is -2.75. The second kappa shape index (κ2) is 9.17. The summed E-state index contributed by atoms with van der Waals surface area (Å²) in [6, 6.07) is 13.6. The fourth-order valence-corrected chi connectivity index (χ4v) is 3.40. The third kappa shape index (κ3) is 6.67. The van der Waals surface area contributed by atoms with E-state index >= 15 is 0 Å². The number of rotatable bonds is 8. The lowest BCUT2D eigenvalue weighted by atomic mass is 10.2. The number of nitrogens with two attached hydrogens (primary N) is 1. The Morgan fingerprint density at radius 2 is 1.79 bits per heavy atom. The zero-order chi connectivity index (χ0) is 20.9. The van der Waals surface area contributed by atoms with Crippen LogP contribution in [-0.4, -0.2) is 24.5 Å². The molecule has 152 valence electrons. The van der Waals surface area contributed by atoms with Crippen molar-refractivity contribution in [1.29, 1.82) is 0 Å². The third-order valence-electron chi connectivity index (χ3n) is 3.97. The first-order valence-electron chi connectivity index (χ1n) is 8.76. The van der Waals surface area contributed by atoms with E-state index < -0.39 is 10.0 Å². The predicted octanol–water partition coefficient (Wildman–Crippen LogP) is 3.14. The van der Waals surface area contributed by atoms with E-state index in [1.807, 2.05) is 0 Å². The number of benzene rings is 2. The van der Waals surface area contributed by atoms with Crippen LogP contribution in [0.15, 0.2) is 53.1 Å². The van der Waals surface area contributed by atoms with E-state index in [0.29, 0.717) is 40.8 Å². The van der Waals surface area contributed by atoms with Gasteiger partial charge in [0, 0.05) is 29.1 Å². The highest BCUT2D eigenvalue weighted by Gasteiger charge is 2.10. The van der Waals surface area contributed by atoms with Gasteiger partial charge >= 0.3 is 0 Å². The number of hydrogen-bond donors (Lipinski definition) is 2. The number of anilines is 1. The summed E-state index contributed by atoms with van der Waals surface area (Å²) >= 11 is 5.86. The van der Waals surface area contributed by atoms with Crippen molar-refractivity contribution in [2.45, 2.75) is 25.0 Å². The quantitative estimate of drug-likeness (QED) is 0.560. The maximum Gasteiger partial charge on any atom is 0.226 e. The van der Waals surface area contributed by atoms with E-state index in [1.54, 1.807) is 48.5 Å². The van der Waals surface area contributed by atoms with Gasteiger partial charge in [0.15, 0.2) is 0 Å². The minimum Gasteiger partial charge on any atom is -0.339 e. The highest BCUT2D eigenvalue weighted by Crippen LogP contribution is 2.19. The Labute approximate surface area is 173 Å². The summed E-state index contributed by atoms with van der Waals surface area (Å²) in [6.45, 7) is 0. The maximum absolute atomic E-state index is 12.1. The van der Waals surface area contributed by atoms with Gasteiger partial charge < -0.3 is 9.84 Å². The molecule has 8 nitrogen and oxygen atoms in total. The minimum absolute atomic E-state index is 0.165. The molecule has 0 spiro atoms. The van der Waals surface area contributed by atoms with Gasteiger partial charge in [-0.3, -0.25) is 4.79 Å². The summed E-state index contributed by atoms with van der Waals surface area (Å²) in [6.07, 6.45) is 1.29. The van der Waals surface area contributed by atoms with Gasteiger partial charge in [-0.25, -0.2) is 13.6 Å². The number of nitrogens with zero attached hydrogens (tertiary/aromatic N) is 2. The van der Waals surface area contributed by atoms with Crippen LogP contribution in [0.5, 0.6) is 0 Å². The molecule has 10 heteroatoms. The normalized spacial score (nSPS) is 11.4. The Morgan fingerprint density at radius 1 is 1.10 bits per heavy atom. The molecule has 0 aliphatic rings. The molecule has 2 aromatic carbocycles. The maximum atomic E-state index is 12.1. The molecule has 1 aromatic heterocycles. The molecule has 0 saturated heterocycles. The second-order valence-corrected chi connectivity index (χ2v) is 8.48. The molecule has 0 aliphatic carbocycles. The van der Waals surface area contributed by atoms with Crippen LogP contribution in [0.2, 0.25) is 5.02 Å². The van der Waals surface area contributed by atoms with Crippen molar-refractivity contribution in [3.63, 3.8) is 0 Å². The number of sulfonamides is 1. The number of amides is 1. The monoisotopic (exact) mass is 434 g/mol. The largest absolute Gasteiger partial charge is 0.339 e. The van der Waals surface area contributed by atoms with Crippen LogP contribution in [0.1, 0.15) is 24.3 Å². The van der Waals surface area contributed by atoms with Gasteiger partial charge in [-0.15, -0.1) is 0 Å². The van der Waals surface area contributed by atoms with Crippen LogP contribution < -0.4 is 10.5 Å². The molecule has 3 rings (SSSR count). The molecule has 1 heterocycles. The van der Waals surface area contributed by atoms with Gasteiger partial charge in [0.25, 0.3) is 0 Å². The van der Waals surface area contributed by atoms with Crippen molar-refractivity contribution < 1.29 is 17.7 Å². The average molecular weight is 435 g/mol.